The first kappa shape index (κ1) is 12.4. The monoisotopic (exact) mass is 255 g/mol. The molecule has 0 unspecified atom stereocenters. The Labute approximate surface area is 102 Å². The highest BCUT2D eigenvalue weighted by atomic mass is 32.2. The lowest BCUT2D eigenvalue weighted by Crippen LogP contribution is -2.45. The predicted molar refractivity (Wildman–Crippen MR) is 65.2 cm³/mol. The third kappa shape index (κ3) is 2.79. The summed E-state index contributed by atoms with van der Waals surface area (Å²) < 4.78 is 26.9. The van der Waals surface area contributed by atoms with Crippen molar-refractivity contribution in [3.63, 3.8) is 0 Å². The minimum atomic E-state index is -3.56. The van der Waals surface area contributed by atoms with Gasteiger partial charge in [-0.05, 0) is 50.8 Å². The van der Waals surface area contributed by atoms with Crippen LogP contribution < -0.4 is 4.72 Å². The second-order valence-corrected chi connectivity index (χ2v) is 6.78. The van der Waals surface area contributed by atoms with Gasteiger partial charge < -0.3 is 5.11 Å². The molecular formula is C12H17NO3S. The number of hydrogen-bond acceptors (Lipinski definition) is 3. The zero-order valence-corrected chi connectivity index (χ0v) is 10.8. The van der Waals surface area contributed by atoms with Crippen LogP contribution in [-0.2, 0) is 10.0 Å². The van der Waals surface area contributed by atoms with Gasteiger partial charge in [0.15, 0.2) is 0 Å². The number of sulfonamides is 1. The predicted octanol–water partition coefficient (Wildman–Crippen LogP) is 1.86. The van der Waals surface area contributed by atoms with Crippen LogP contribution in [0.15, 0.2) is 29.2 Å². The fourth-order valence-corrected chi connectivity index (χ4v) is 3.45. The second-order valence-electron chi connectivity index (χ2n) is 5.10. The van der Waals surface area contributed by atoms with Crippen LogP contribution in [0.5, 0.6) is 5.75 Å². The quantitative estimate of drug-likeness (QED) is 0.863. The van der Waals surface area contributed by atoms with E-state index < -0.39 is 15.6 Å². The van der Waals surface area contributed by atoms with Crippen LogP contribution in [0, 0.1) is 5.92 Å². The van der Waals surface area contributed by atoms with Crippen LogP contribution in [0.2, 0.25) is 0 Å². The molecule has 1 fully saturated rings. The van der Waals surface area contributed by atoms with Crippen molar-refractivity contribution in [2.45, 2.75) is 37.1 Å². The molecule has 0 heterocycles. The molecule has 1 aliphatic carbocycles. The van der Waals surface area contributed by atoms with Gasteiger partial charge in [-0.1, -0.05) is 6.07 Å². The first-order valence-electron chi connectivity index (χ1n) is 5.64. The molecule has 17 heavy (non-hydrogen) atoms. The van der Waals surface area contributed by atoms with E-state index in [1.54, 1.807) is 0 Å². The molecule has 0 aliphatic heterocycles. The third-order valence-corrected chi connectivity index (χ3v) is 4.79. The summed E-state index contributed by atoms with van der Waals surface area (Å²) in [5.41, 5.74) is -0.426. The van der Waals surface area contributed by atoms with E-state index in [1.165, 1.54) is 24.3 Å². The summed E-state index contributed by atoms with van der Waals surface area (Å²) in [6.07, 6.45) is 2.13. The number of hydrogen-bond donors (Lipinski definition) is 2. The fourth-order valence-electron chi connectivity index (χ4n) is 1.94. The summed E-state index contributed by atoms with van der Waals surface area (Å²) in [5, 5.41) is 9.30. The van der Waals surface area contributed by atoms with Gasteiger partial charge in [-0.2, -0.15) is 0 Å². The van der Waals surface area contributed by atoms with Gasteiger partial charge in [0.05, 0.1) is 4.90 Å². The normalized spacial score (nSPS) is 17.1. The first-order valence-corrected chi connectivity index (χ1v) is 7.12. The summed E-state index contributed by atoms with van der Waals surface area (Å²) in [5.74, 6) is 0.367. The molecule has 0 amide bonds. The second kappa shape index (κ2) is 3.99. The van der Waals surface area contributed by atoms with E-state index in [0.29, 0.717) is 5.92 Å². The Bertz CT molecular complexity index is 518. The fraction of sp³-hybridized carbons (Fsp3) is 0.500. The number of aromatic hydroxyl groups is 1. The Kier molecular flexibility index (Phi) is 2.91. The van der Waals surface area contributed by atoms with Crippen molar-refractivity contribution in [3.05, 3.63) is 24.3 Å². The zero-order valence-electron chi connectivity index (χ0n) is 9.97. The Morgan fingerprint density at radius 1 is 1.35 bits per heavy atom. The molecule has 2 N–H and O–H groups in total. The van der Waals surface area contributed by atoms with E-state index in [0.717, 1.165) is 12.8 Å². The van der Waals surface area contributed by atoms with Gasteiger partial charge in [-0.15, -0.1) is 0 Å². The van der Waals surface area contributed by atoms with Crippen LogP contribution >= 0.6 is 0 Å². The molecule has 0 spiro atoms. The van der Waals surface area contributed by atoms with Gasteiger partial charge >= 0.3 is 0 Å². The number of nitrogens with one attached hydrogen (secondary N) is 1. The molecule has 1 aromatic carbocycles. The molecular weight excluding hydrogens is 238 g/mol. The molecule has 5 heteroatoms. The van der Waals surface area contributed by atoms with E-state index in [9.17, 15) is 13.5 Å². The summed E-state index contributed by atoms with van der Waals surface area (Å²) in [4.78, 5) is 0.103. The van der Waals surface area contributed by atoms with Crippen LogP contribution in [0.4, 0.5) is 0 Å². The minimum absolute atomic E-state index is 0.0443. The van der Waals surface area contributed by atoms with Crippen molar-refractivity contribution in [1.82, 2.24) is 4.72 Å². The number of phenolic OH excluding ortho intramolecular Hbond substituents is 1. The molecule has 94 valence electrons. The molecule has 0 bridgehead atoms. The van der Waals surface area contributed by atoms with Gasteiger partial charge in [0.25, 0.3) is 0 Å². The zero-order chi connectivity index (χ0) is 12.7. The number of rotatable bonds is 4. The van der Waals surface area contributed by atoms with Gasteiger partial charge in [0, 0.05) is 5.54 Å². The lowest BCUT2D eigenvalue weighted by atomic mass is 10.0. The molecule has 0 atom stereocenters. The number of benzene rings is 1. The third-order valence-electron chi connectivity index (χ3n) is 3.12. The Morgan fingerprint density at radius 2 is 2.00 bits per heavy atom. The van der Waals surface area contributed by atoms with Crippen LogP contribution in [-0.4, -0.2) is 19.1 Å². The lowest BCUT2D eigenvalue weighted by molar-refractivity contribution is 0.400. The summed E-state index contributed by atoms with van der Waals surface area (Å²) in [7, 11) is -3.56. The summed E-state index contributed by atoms with van der Waals surface area (Å²) in [6.45, 7) is 3.79. The molecule has 1 aliphatic rings. The van der Waals surface area contributed by atoms with Gasteiger partial charge in [0.1, 0.15) is 5.75 Å². The Hall–Kier alpha value is -1.07. The average Bonchev–Trinajstić information content (AvgIpc) is 2.99. The van der Waals surface area contributed by atoms with Crippen molar-refractivity contribution in [2.75, 3.05) is 0 Å². The molecule has 0 radical (unpaired) electrons. The lowest BCUT2D eigenvalue weighted by Gasteiger charge is -2.25. The molecule has 0 aromatic heterocycles. The highest BCUT2D eigenvalue weighted by molar-refractivity contribution is 7.89. The van der Waals surface area contributed by atoms with E-state index >= 15 is 0 Å². The van der Waals surface area contributed by atoms with Crippen LogP contribution in [0.3, 0.4) is 0 Å². The largest absolute Gasteiger partial charge is 0.508 e. The van der Waals surface area contributed by atoms with Gasteiger partial charge in [-0.25, -0.2) is 13.1 Å². The molecule has 4 nitrogen and oxygen atoms in total. The molecule has 0 saturated heterocycles. The van der Waals surface area contributed by atoms with Crippen LogP contribution in [0.1, 0.15) is 26.7 Å². The average molecular weight is 255 g/mol. The molecule has 1 aromatic rings. The van der Waals surface area contributed by atoms with Crippen molar-refractivity contribution in [3.8, 4) is 5.75 Å². The Balaban J connectivity index is 2.24. The van der Waals surface area contributed by atoms with E-state index in [1.807, 2.05) is 13.8 Å². The van der Waals surface area contributed by atoms with Crippen molar-refractivity contribution in [1.29, 1.82) is 0 Å². The summed E-state index contributed by atoms with van der Waals surface area (Å²) in [6, 6.07) is 5.70. The molecule has 1 saturated carbocycles. The smallest absolute Gasteiger partial charge is 0.241 e. The molecule has 2 rings (SSSR count). The highest BCUT2D eigenvalue weighted by Gasteiger charge is 2.40. The highest BCUT2D eigenvalue weighted by Crippen LogP contribution is 2.39. The SMILES string of the molecule is CC(C)(NS(=O)(=O)c1cccc(O)c1)C1CC1. The van der Waals surface area contributed by atoms with E-state index in [4.69, 9.17) is 0 Å². The standard InChI is InChI=1S/C12H17NO3S/c1-12(2,9-6-7-9)13-17(15,16)11-5-3-4-10(14)8-11/h3-5,8-9,13-14H,6-7H2,1-2H3. The van der Waals surface area contributed by atoms with Crippen LogP contribution in [0.25, 0.3) is 0 Å². The first-order chi connectivity index (χ1) is 7.81. The maximum atomic E-state index is 12.1. The summed E-state index contributed by atoms with van der Waals surface area (Å²) >= 11 is 0. The van der Waals surface area contributed by atoms with Crippen molar-refractivity contribution < 1.29 is 13.5 Å². The van der Waals surface area contributed by atoms with Gasteiger partial charge in [0.2, 0.25) is 10.0 Å². The van der Waals surface area contributed by atoms with E-state index in [2.05, 4.69) is 4.72 Å². The number of phenols is 1. The minimum Gasteiger partial charge on any atom is -0.508 e. The van der Waals surface area contributed by atoms with Crippen molar-refractivity contribution >= 4 is 10.0 Å². The van der Waals surface area contributed by atoms with Gasteiger partial charge in [-0.3, -0.25) is 0 Å². The maximum Gasteiger partial charge on any atom is 0.241 e. The topological polar surface area (TPSA) is 66.4 Å². The van der Waals surface area contributed by atoms with E-state index in [-0.39, 0.29) is 10.6 Å². The Morgan fingerprint density at radius 3 is 2.53 bits per heavy atom. The maximum absolute atomic E-state index is 12.1. The van der Waals surface area contributed by atoms with Crippen molar-refractivity contribution in [2.24, 2.45) is 5.92 Å².